The van der Waals surface area contributed by atoms with Crippen LogP contribution in [0.15, 0.2) is 75.5 Å². The second-order valence-corrected chi connectivity index (χ2v) is 12.2. The molecule has 3 N–H and O–H groups in total. The molecule has 0 fully saturated rings. The zero-order valence-corrected chi connectivity index (χ0v) is 24.2. The van der Waals surface area contributed by atoms with E-state index in [1.807, 2.05) is 30.3 Å². The molecule has 1 atom stereocenters. The molecule has 0 bridgehead atoms. The Kier molecular flexibility index (Phi) is 8.20. The van der Waals surface area contributed by atoms with E-state index in [0.717, 1.165) is 11.3 Å². The van der Waals surface area contributed by atoms with Gasteiger partial charge < -0.3 is 11.1 Å². The SMILES string of the molecule is CC(C)c1ccc(C2C(C#N)=C(N)N(c3nnc(SCC(=O)Nc4ccc(C#N)cc4)s3)C3=C2C(=O)CCC3)cc1. The molecule has 0 saturated heterocycles. The summed E-state index contributed by atoms with van der Waals surface area (Å²) in [6.07, 6.45) is 1.71. The number of nitrogens with zero attached hydrogens (tertiary/aromatic N) is 5. The van der Waals surface area contributed by atoms with Crippen LogP contribution in [0.2, 0.25) is 0 Å². The van der Waals surface area contributed by atoms with Gasteiger partial charge in [-0.1, -0.05) is 61.2 Å². The fourth-order valence-corrected chi connectivity index (χ4v) is 6.70. The van der Waals surface area contributed by atoms with E-state index in [0.29, 0.717) is 57.0 Å². The normalized spacial score (nSPS) is 16.9. The second-order valence-electron chi connectivity index (χ2n) is 10.0. The third-order valence-corrected chi connectivity index (χ3v) is 9.10. The monoisotopic (exact) mass is 581 g/mol. The Hall–Kier alpha value is -4.45. The molecule has 1 aliphatic carbocycles. The molecular weight excluding hydrogens is 555 g/mol. The number of Topliss-reactive ketones (excluding diaryl/α,β-unsaturated/α-hetero) is 1. The van der Waals surface area contributed by atoms with Crippen molar-refractivity contribution in [2.75, 3.05) is 16.0 Å². The molecule has 0 radical (unpaired) electrons. The summed E-state index contributed by atoms with van der Waals surface area (Å²) < 4.78 is 0.553. The van der Waals surface area contributed by atoms with Crippen molar-refractivity contribution < 1.29 is 9.59 Å². The number of hydrogen-bond acceptors (Lipinski definition) is 10. The minimum absolute atomic E-state index is 0.00743. The molecule has 0 saturated carbocycles. The molecular formula is C30H27N7O2S2. The van der Waals surface area contributed by atoms with Gasteiger partial charge in [-0.2, -0.15) is 10.5 Å². The summed E-state index contributed by atoms with van der Waals surface area (Å²) in [5.74, 6) is -0.0509. The van der Waals surface area contributed by atoms with Gasteiger partial charge in [0.15, 0.2) is 10.1 Å². The Bertz CT molecular complexity index is 1640. The van der Waals surface area contributed by atoms with E-state index in [4.69, 9.17) is 11.0 Å². The van der Waals surface area contributed by atoms with E-state index < -0.39 is 5.92 Å². The number of nitriles is 2. The number of benzene rings is 2. The maximum Gasteiger partial charge on any atom is 0.234 e. The summed E-state index contributed by atoms with van der Waals surface area (Å²) >= 11 is 2.48. The van der Waals surface area contributed by atoms with Crippen LogP contribution >= 0.6 is 23.1 Å². The molecule has 9 nitrogen and oxygen atoms in total. The predicted octanol–water partition coefficient (Wildman–Crippen LogP) is 5.57. The summed E-state index contributed by atoms with van der Waals surface area (Å²) in [7, 11) is 0. The van der Waals surface area contributed by atoms with Gasteiger partial charge in [0, 0.05) is 23.4 Å². The lowest BCUT2D eigenvalue weighted by atomic mass is 9.75. The van der Waals surface area contributed by atoms with Crippen molar-refractivity contribution in [2.24, 2.45) is 5.73 Å². The number of ketones is 1. The van der Waals surface area contributed by atoms with Gasteiger partial charge in [0.1, 0.15) is 5.82 Å². The number of carbonyl (C=O) groups is 2. The highest BCUT2D eigenvalue weighted by Crippen LogP contribution is 2.47. The van der Waals surface area contributed by atoms with E-state index >= 15 is 0 Å². The number of allylic oxidation sites excluding steroid dienone is 3. The van der Waals surface area contributed by atoms with Crippen molar-refractivity contribution in [3.8, 4) is 12.1 Å². The van der Waals surface area contributed by atoms with Gasteiger partial charge in [-0.05, 0) is 54.2 Å². The summed E-state index contributed by atoms with van der Waals surface area (Å²) in [6, 6.07) is 19.0. The number of nitrogens with one attached hydrogen (secondary N) is 1. The Morgan fingerprint density at radius 2 is 1.85 bits per heavy atom. The van der Waals surface area contributed by atoms with Gasteiger partial charge in [-0.25, -0.2) is 0 Å². The zero-order valence-electron chi connectivity index (χ0n) is 22.5. The van der Waals surface area contributed by atoms with Crippen LogP contribution < -0.4 is 16.0 Å². The third kappa shape index (κ3) is 5.73. The van der Waals surface area contributed by atoms with Crippen molar-refractivity contribution in [1.82, 2.24) is 10.2 Å². The number of hydrogen-bond donors (Lipinski definition) is 2. The quantitative estimate of drug-likeness (QED) is 0.342. The molecule has 3 aromatic rings. The first-order valence-electron chi connectivity index (χ1n) is 13.1. The number of rotatable bonds is 7. The molecule has 1 aliphatic heterocycles. The van der Waals surface area contributed by atoms with Gasteiger partial charge in [0.25, 0.3) is 0 Å². The topological polar surface area (TPSA) is 149 Å². The molecule has 11 heteroatoms. The van der Waals surface area contributed by atoms with E-state index in [1.54, 1.807) is 29.2 Å². The van der Waals surface area contributed by atoms with Crippen LogP contribution in [0.25, 0.3) is 0 Å². The lowest BCUT2D eigenvalue weighted by Crippen LogP contribution is -2.38. The largest absolute Gasteiger partial charge is 0.384 e. The van der Waals surface area contributed by atoms with E-state index in [9.17, 15) is 14.9 Å². The number of amides is 1. The number of aromatic nitrogens is 2. The predicted molar refractivity (Wildman–Crippen MR) is 159 cm³/mol. The van der Waals surface area contributed by atoms with Crippen LogP contribution in [0, 0.1) is 22.7 Å². The minimum atomic E-state index is -0.534. The molecule has 2 heterocycles. The second kappa shape index (κ2) is 12.0. The van der Waals surface area contributed by atoms with Crippen LogP contribution in [0.4, 0.5) is 10.8 Å². The Morgan fingerprint density at radius 1 is 1.12 bits per heavy atom. The van der Waals surface area contributed by atoms with Crippen LogP contribution in [-0.2, 0) is 9.59 Å². The van der Waals surface area contributed by atoms with Gasteiger partial charge in [-0.15, -0.1) is 10.2 Å². The van der Waals surface area contributed by atoms with Gasteiger partial charge in [-0.3, -0.25) is 14.5 Å². The fraction of sp³-hybridized carbons (Fsp3) is 0.267. The highest BCUT2D eigenvalue weighted by Gasteiger charge is 2.41. The molecule has 1 amide bonds. The fourth-order valence-electron chi connectivity index (χ4n) is 5.02. The van der Waals surface area contributed by atoms with Gasteiger partial charge in [0.05, 0.1) is 34.9 Å². The van der Waals surface area contributed by atoms with Crippen LogP contribution in [0.1, 0.15) is 61.6 Å². The van der Waals surface area contributed by atoms with E-state index in [2.05, 4.69) is 35.4 Å². The molecule has 1 unspecified atom stereocenters. The first-order chi connectivity index (χ1) is 19.8. The first kappa shape index (κ1) is 28.1. The summed E-state index contributed by atoms with van der Waals surface area (Å²) in [4.78, 5) is 27.5. The lowest BCUT2D eigenvalue weighted by molar-refractivity contribution is -0.116. The Labute approximate surface area is 246 Å². The third-order valence-electron chi connectivity index (χ3n) is 7.06. The van der Waals surface area contributed by atoms with Crippen molar-refractivity contribution in [2.45, 2.75) is 49.3 Å². The van der Waals surface area contributed by atoms with Crippen molar-refractivity contribution in [3.05, 3.63) is 87.9 Å². The van der Waals surface area contributed by atoms with Crippen molar-refractivity contribution in [1.29, 1.82) is 10.5 Å². The zero-order chi connectivity index (χ0) is 29.1. The molecule has 41 heavy (non-hydrogen) atoms. The maximum absolute atomic E-state index is 13.3. The molecule has 2 aliphatic rings. The number of carbonyl (C=O) groups excluding carboxylic acids is 2. The number of nitrogens with two attached hydrogens (primary N) is 1. The Morgan fingerprint density at radius 3 is 2.51 bits per heavy atom. The van der Waals surface area contributed by atoms with E-state index in [-0.39, 0.29) is 23.3 Å². The molecule has 1 aromatic heterocycles. The maximum atomic E-state index is 13.3. The van der Waals surface area contributed by atoms with Crippen LogP contribution in [0.3, 0.4) is 0 Å². The standard InChI is InChI=1S/C30H27N7O2S2/c1-17(2)19-8-10-20(11-9-19)26-22(15-32)28(33)37(23-4-3-5-24(38)27(23)26)29-35-36-30(41-29)40-16-25(39)34-21-12-6-18(14-31)7-13-21/h6-13,17,26H,3-5,16,33H2,1-2H3,(H,34,39). The average Bonchev–Trinajstić information content (AvgIpc) is 3.44. The number of thioether (sulfide) groups is 1. The summed E-state index contributed by atoms with van der Waals surface area (Å²) in [5.41, 5.74) is 11.4. The van der Waals surface area contributed by atoms with Gasteiger partial charge >= 0.3 is 0 Å². The smallest absolute Gasteiger partial charge is 0.234 e. The lowest BCUT2D eigenvalue weighted by Gasteiger charge is -2.38. The Balaban J connectivity index is 1.40. The molecule has 5 rings (SSSR count). The minimum Gasteiger partial charge on any atom is -0.384 e. The molecule has 2 aromatic carbocycles. The highest BCUT2D eigenvalue weighted by atomic mass is 32.2. The summed E-state index contributed by atoms with van der Waals surface area (Å²) in [6.45, 7) is 4.24. The molecule has 206 valence electrons. The highest BCUT2D eigenvalue weighted by molar-refractivity contribution is 8.01. The average molecular weight is 582 g/mol. The summed E-state index contributed by atoms with van der Waals surface area (Å²) in [5, 5.41) is 31.0. The van der Waals surface area contributed by atoms with Crippen molar-refractivity contribution >= 4 is 45.6 Å². The van der Waals surface area contributed by atoms with Gasteiger partial charge in [0.2, 0.25) is 11.0 Å². The van der Waals surface area contributed by atoms with E-state index in [1.165, 1.54) is 28.7 Å². The number of anilines is 2. The molecule has 0 spiro atoms. The first-order valence-corrected chi connectivity index (χ1v) is 14.9. The van der Waals surface area contributed by atoms with Crippen LogP contribution in [0.5, 0.6) is 0 Å². The van der Waals surface area contributed by atoms with Crippen LogP contribution in [-0.4, -0.2) is 27.6 Å². The van der Waals surface area contributed by atoms with Crippen molar-refractivity contribution in [3.63, 3.8) is 0 Å².